The Balaban J connectivity index is 0. The Labute approximate surface area is 84.8 Å². The average Bonchev–Trinajstić information content (AvgIpc) is 1.99. The Morgan fingerprint density at radius 1 is 1.40 bits per heavy atom. The molecular formula is C6H11F3O5P+. The Kier molecular flexibility index (Phi) is 9.55. The van der Waals surface area contributed by atoms with Crippen LogP contribution in [0, 0.1) is 0 Å². The van der Waals surface area contributed by atoms with Gasteiger partial charge in [-0.15, -0.1) is 9.79 Å². The Morgan fingerprint density at radius 2 is 1.80 bits per heavy atom. The van der Waals surface area contributed by atoms with Crippen LogP contribution in [0.4, 0.5) is 13.2 Å². The van der Waals surface area contributed by atoms with Crippen LogP contribution in [0.1, 0.15) is 19.8 Å². The molecule has 2 N–H and O–H groups in total. The van der Waals surface area contributed by atoms with Gasteiger partial charge in [0, 0.05) is 11.0 Å². The van der Waals surface area contributed by atoms with Gasteiger partial charge in [-0.25, -0.2) is 0 Å². The van der Waals surface area contributed by atoms with Crippen LogP contribution < -0.4 is 0 Å². The fourth-order valence-corrected chi connectivity index (χ4v) is 0.439. The van der Waals surface area contributed by atoms with Gasteiger partial charge >= 0.3 is 20.4 Å². The average molecular weight is 251 g/mol. The molecule has 0 atom stereocenters. The molecular weight excluding hydrogens is 240 g/mol. The molecule has 0 aromatic heterocycles. The number of hydrogen-bond acceptors (Lipinski definition) is 3. The highest BCUT2D eigenvalue weighted by Gasteiger charge is 2.29. The predicted molar refractivity (Wildman–Crippen MR) is 44.0 cm³/mol. The van der Waals surface area contributed by atoms with Crippen molar-refractivity contribution in [3.8, 4) is 0 Å². The Bertz CT molecular complexity index is 201. The van der Waals surface area contributed by atoms with E-state index in [1.54, 1.807) is 6.92 Å². The van der Waals surface area contributed by atoms with Crippen LogP contribution in [-0.4, -0.2) is 28.5 Å². The van der Waals surface area contributed by atoms with Crippen LogP contribution in [0.3, 0.4) is 0 Å². The van der Waals surface area contributed by atoms with Crippen molar-refractivity contribution < 1.29 is 37.1 Å². The topological polar surface area (TPSA) is 83.8 Å². The summed E-state index contributed by atoms with van der Waals surface area (Å²) in [6.07, 6.45) is -3.88. The minimum atomic E-state index is -4.41. The van der Waals surface area contributed by atoms with E-state index in [9.17, 15) is 18.0 Å². The zero-order valence-corrected chi connectivity index (χ0v) is 8.72. The lowest BCUT2D eigenvalue weighted by molar-refractivity contribution is -0.186. The summed E-state index contributed by atoms with van der Waals surface area (Å²) in [6, 6.07) is 0. The molecule has 5 nitrogen and oxygen atoms in total. The smallest absolute Gasteiger partial charge is 0.456 e. The molecule has 9 heteroatoms. The lowest BCUT2D eigenvalue weighted by Gasteiger charge is -2.06. The van der Waals surface area contributed by atoms with Crippen molar-refractivity contribution in [2.75, 3.05) is 6.61 Å². The molecule has 0 amide bonds. The maximum Gasteiger partial charge on any atom is 0.692 e. The Hall–Kier alpha value is -0.720. The molecule has 0 aliphatic rings. The van der Waals surface area contributed by atoms with Gasteiger partial charge in [-0.05, 0) is 6.42 Å². The number of alkyl halides is 3. The number of rotatable bonds is 3. The minimum absolute atomic E-state index is 0.0378. The molecule has 0 fully saturated rings. The van der Waals surface area contributed by atoms with Crippen LogP contribution >= 0.6 is 8.25 Å². The van der Waals surface area contributed by atoms with E-state index in [-0.39, 0.29) is 6.42 Å². The van der Waals surface area contributed by atoms with Gasteiger partial charge in [0.2, 0.25) is 0 Å². The number of carbonyl (C=O) groups is 1. The lowest BCUT2D eigenvalue weighted by atomic mass is 10.3. The highest BCUT2D eigenvalue weighted by Crippen LogP contribution is 2.14. The first-order chi connectivity index (χ1) is 6.69. The molecule has 0 aromatic rings. The number of carbonyl (C=O) groups excluding carboxylic acids is 1. The van der Waals surface area contributed by atoms with Crippen molar-refractivity contribution in [2.24, 2.45) is 0 Å². The number of halogens is 3. The van der Waals surface area contributed by atoms with Gasteiger partial charge in [0.1, 0.15) is 0 Å². The van der Waals surface area contributed by atoms with Gasteiger partial charge < -0.3 is 4.74 Å². The van der Waals surface area contributed by atoms with Crippen molar-refractivity contribution in [3.05, 3.63) is 0 Å². The zero-order chi connectivity index (χ0) is 12.5. The summed E-state index contributed by atoms with van der Waals surface area (Å²) in [5, 5.41) is 0. The Morgan fingerprint density at radius 3 is 2.07 bits per heavy atom. The molecule has 15 heavy (non-hydrogen) atoms. The molecule has 0 unspecified atom stereocenters. The molecule has 0 aliphatic heterocycles. The van der Waals surface area contributed by atoms with E-state index in [0.717, 1.165) is 0 Å². The van der Waals surface area contributed by atoms with E-state index in [2.05, 4.69) is 4.74 Å². The second-order valence-electron chi connectivity index (χ2n) is 2.28. The highest BCUT2D eigenvalue weighted by atomic mass is 31.1. The number of ether oxygens (including phenoxy) is 1. The van der Waals surface area contributed by atoms with E-state index in [0.29, 0.717) is 6.42 Å². The summed E-state index contributed by atoms with van der Waals surface area (Å²) in [5.74, 6) is -0.801. The minimum Gasteiger partial charge on any atom is -0.456 e. The van der Waals surface area contributed by atoms with E-state index >= 15 is 0 Å². The summed E-state index contributed by atoms with van der Waals surface area (Å²) >= 11 is 0. The molecule has 0 saturated carbocycles. The molecule has 0 bridgehead atoms. The van der Waals surface area contributed by atoms with E-state index < -0.39 is 27.0 Å². The normalized spacial score (nSPS) is 10.0. The second-order valence-corrected chi connectivity index (χ2v) is 2.78. The SMILES string of the molecule is CCCC(=O)OCC(F)(F)F.O=[P+](O)O. The summed E-state index contributed by atoms with van der Waals surface area (Å²) in [4.78, 5) is 24.6. The molecule has 0 radical (unpaired) electrons. The molecule has 0 spiro atoms. The van der Waals surface area contributed by atoms with Crippen molar-refractivity contribution >= 4 is 14.2 Å². The van der Waals surface area contributed by atoms with Crippen LogP contribution in [0.5, 0.6) is 0 Å². The third-order valence-corrected chi connectivity index (χ3v) is 0.851. The molecule has 0 heterocycles. The maximum absolute atomic E-state index is 11.4. The fourth-order valence-electron chi connectivity index (χ4n) is 0.439. The molecule has 0 rings (SSSR count). The van der Waals surface area contributed by atoms with E-state index in [1.807, 2.05) is 0 Å². The van der Waals surface area contributed by atoms with Crippen LogP contribution in [-0.2, 0) is 14.1 Å². The summed E-state index contributed by atoms with van der Waals surface area (Å²) in [7, 11) is -2.87. The summed E-state index contributed by atoms with van der Waals surface area (Å²) in [6.45, 7) is 0.209. The van der Waals surface area contributed by atoms with Crippen LogP contribution in [0.15, 0.2) is 0 Å². The fraction of sp³-hybridized carbons (Fsp3) is 0.833. The van der Waals surface area contributed by atoms with Gasteiger partial charge in [0.25, 0.3) is 0 Å². The van der Waals surface area contributed by atoms with Gasteiger partial charge in [0.05, 0.1) is 0 Å². The quantitative estimate of drug-likeness (QED) is 0.586. The molecule has 90 valence electrons. The van der Waals surface area contributed by atoms with Crippen molar-refractivity contribution in [3.63, 3.8) is 0 Å². The van der Waals surface area contributed by atoms with Crippen molar-refractivity contribution in [1.29, 1.82) is 0 Å². The molecule has 0 aromatic carbocycles. The zero-order valence-electron chi connectivity index (χ0n) is 7.82. The maximum atomic E-state index is 11.4. The summed E-state index contributed by atoms with van der Waals surface area (Å²) in [5.41, 5.74) is 0. The second kappa shape index (κ2) is 8.58. The van der Waals surface area contributed by atoms with E-state index in [4.69, 9.17) is 14.4 Å². The van der Waals surface area contributed by atoms with E-state index in [1.165, 1.54) is 0 Å². The largest absolute Gasteiger partial charge is 0.692 e. The first-order valence-electron chi connectivity index (χ1n) is 3.76. The summed E-state index contributed by atoms with van der Waals surface area (Å²) < 4.78 is 46.7. The number of hydrogen-bond donors (Lipinski definition) is 2. The van der Waals surface area contributed by atoms with Crippen molar-refractivity contribution in [1.82, 2.24) is 0 Å². The highest BCUT2D eigenvalue weighted by molar-refractivity contribution is 7.30. The van der Waals surface area contributed by atoms with Gasteiger partial charge in [-0.2, -0.15) is 13.2 Å². The predicted octanol–water partition coefficient (Wildman–Crippen LogP) is 1.52. The molecule has 0 saturated heterocycles. The monoisotopic (exact) mass is 251 g/mol. The van der Waals surface area contributed by atoms with Crippen molar-refractivity contribution in [2.45, 2.75) is 25.9 Å². The number of esters is 1. The third kappa shape index (κ3) is 24.6. The van der Waals surface area contributed by atoms with Crippen LogP contribution in [0.2, 0.25) is 0 Å². The van der Waals surface area contributed by atoms with Gasteiger partial charge in [0.15, 0.2) is 6.61 Å². The molecule has 0 aliphatic carbocycles. The van der Waals surface area contributed by atoms with Gasteiger partial charge in [-0.1, -0.05) is 6.92 Å². The standard InChI is InChI=1S/C6H9F3O2.HO3P/c1-2-3-5(10)11-4-6(7,8)9;1-4(2)3/h2-4H2,1H3;(H-,1,2,3)/p+1. The first-order valence-corrected chi connectivity index (χ1v) is 4.93. The lowest BCUT2D eigenvalue weighted by Crippen LogP contribution is -2.19. The van der Waals surface area contributed by atoms with Gasteiger partial charge in [-0.3, -0.25) is 4.79 Å². The first kappa shape index (κ1) is 16.7. The third-order valence-electron chi connectivity index (χ3n) is 0.851. The van der Waals surface area contributed by atoms with Crippen LogP contribution in [0.25, 0.3) is 0 Å².